The lowest BCUT2D eigenvalue weighted by Gasteiger charge is -2.07. The van der Waals surface area contributed by atoms with Crippen LogP contribution >= 0.6 is 27.7 Å². The molecule has 1 aliphatic heterocycles. The third kappa shape index (κ3) is 2.73. The molecule has 92 valence electrons. The predicted molar refractivity (Wildman–Crippen MR) is 77.0 cm³/mol. The zero-order chi connectivity index (χ0) is 13.1. The minimum absolute atomic E-state index is 0.247. The van der Waals surface area contributed by atoms with Gasteiger partial charge in [-0.1, -0.05) is 34.1 Å². The highest BCUT2D eigenvalue weighted by Crippen LogP contribution is 2.32. The Morgan fingerprint density at radius 1 is 1.28 bits per heavy atom. The minimum atomic E-state index is -0.257. The van der Waals surface area contributed by atoms with Crippen molar-refractivity contribution in [2.24, 2.45) is 0 Å². The lowest BCUT2D eigenvalue weighted by molar-refractivity contribution is -0.122. The monoisotopic (exact) mass is 323 g/mol. The number of hydrogen-bond acceptors (Lipinski definition) is 3. The van der Waals surface area contributed by atoms with Crippen molar-refractivity contribution in [2.45, 2.75) is 0 Å². The fraction of sp³-hybridized carbons (Fsp3) is 0.0769. The first kappa shape index (κ1) is 13.1. The van der Waals surface area contributed by atoms with Gasteiger partial charge in [0.15, 0.2) is 0 Å². The number of benzene rings is 1. The molecule has 0 N–H and O–H groups in total. The van der Waals surface area contributed by atoms with Gasteiger partial charge < -0.3 is 0 Å². The van der Waals surface area contributed by atoms with Gasteiger partial charge in [0.05, 0.1) is 4.91 Å². The van der Waals surface area contributed by atoms with E-state index in [0.29, 0.717) is 4.91 Å². The summed E-state index contributed by atoms with van der Waals surface area (Å²) in [6.07, 6.45) is 3.26. The molecule has 1 aliphatic rings. The first-order valence-corrected chi connectivity index (χ1v) is 6.84. The van der Waals surface area contributed by atoms with Gasteiger partial charge in [0.2, 0.25) is 0 Å². The number of halogens is 1. The SMILES string of the molecule is C=CCN1C(=O)S/C(=C/c2ccc(Br)cc2)C1=O. The van der Waals surface area contributed by atoms with E-state index in [1.165, 1.54) is 4.90 Å². The molecule has 0 aromatic heterocycles. The van der Waals surface area contributed by atoms with Crippen molar-refractivity contribution in [3.63, 3.8) is 0 Å². The van der Waals surface area contributed by atoms with Gasteiger partial charge in [-0.2, -0.15) is 0 Å². The molecule has 0 atom stereocenters. The number of carbonyl (C=O) groups is 2. The largest absolute Gasteiger partial charge is 0.293 e. The maximum absolute atomic E-state index is 11.9. The molecule has 18 heavy (non-hydrogen) atoms. The van der Waals surface area contributed by atoms with Crippen molar-refractivity contribution in [2.75, 3.05) is 6.54 Å². The molecule has 1 fully saturated rings. The van der Waals surface area contributed by atoms with Crippen LogP contribution in [0.2, 0.25) is 0 Å². The maximum Gasteiger partial charge on any atom is 0.293 e. The highest BCUT2D eigenvalue weighted by molar-refractivity contribution is 9.10. The molecule has 0 radical (unpaired) electrons. The van der Waals surface area contributed by atoms with Gasteiger partial charge in [0.25, 0.3) is 11.1 Å². The summed E-state index contributed by atoms with van der Waals surface area (Å²) in [6.45, 7) is 3.78. The first-order chi connectivity index (χ1) is 8.61. The summed E-state index contributed by atoms with van der Waals surface area (Å²) < 4.78 is 0.972. The van der Waals surface area contributed by atoms with E-state index in [-0.39, 0.29) is 17.7 Å². The third-order valence-corrected chi connectivity index (χ3v) is 3.79. The summed E-state index contributed by atoms with van der Waals surface area (Å²) in [4.78, 5) is 25.2. The second-order valence-electron chi connectivity index (χ2n) is 3.63. The van der Waals surface area contributed by atoms with Crippen LogP contribution in [0.15, 0.2) is 46.3 Å². The van der Waals surface area contributed by atoms with Crippen molar-refractivity contribution >= 4 is 44.9 Å². The van der Waals surface area contributed by atoms with Gasteiger partial charge in [-0.3, -0.25) is 14.5 Å². The van der Waals surface area contributed by atoms with E-state index in [0.717, 1.165) is 21.8 Å². The average molecular weight is 324 g/mol. The van der Waals surface area contributed by atoms with Gasteiger partial charge in [-0.25, -0.2) is 0 Å². The van der Waals surface area contributed by atoms with Crippen LogP contribution in [0.3, 0.4) is 0 Å². The van der Waals surface area contributed by atoms with Crippen molar-refractivity contribution in [3.8, 4) is 0 Å². The molecule has 5 heteroatoms. The van der Waals surface area contributed by atoms with Crippen LogP contribution in [0.4, 0.5) is 4.79 Å². The average Bonchev–Trinajstić information content (AvgIpc) is 2.60. The number of rotatable bonds is 3. The fourth-order valence-corrected chi connectivity index (χ4v) is 2.61. The van der Waals surface area contributed by atoms with Gasteiger partial charge >= 0.3 is 0 Å². The third-order valence-electron chi connectivity index (χ3n) is 2.35. The van der Waals surface area contributed by atoms with E-state index in [1.54, 1.807) is 12.2 Å². The molecular weight excluding hydrogens is 314 g/mol. The number of thioether (sulfide) groups is 1. The van der Waals surface area contributed by atoms with Gasteiger partial charge in [0.1, 0.15) is 0 Å². The topological polar surface area (TPSA) is 37.4 Å². The Hall–Kier alpha value is -1.33. The van der Waals surface area contributed by atoms with Gasteiger partial charge in [0, 0.05) is 11.0 Å². The van der Waals surface area contributed by atoms with Crippen molar-refractivity contribution in [1.82, 2.24) is 4.90 Å². The van der Waals surface area contributed by atoms with Gasteiger partial charge in [-0.15, -0.1) is 6.58 Å². The normalized spacial score (nSPS) is 17.6. The van der Waals surface area contributed by atoms with E-state index < -0.39 is 0 Å². The summed E-state index contributed by atoms with van der Waals surface area (Å²) in [5.41, 5.74) is 0.891. The van der Waals surface area contributed by atoms with Crippen molar-refractivity contribution < 1.29 is 9.59 Å². The Bertz CT molecular complexity index is 536. The zero-order valence-corrected chi connectivity index (χ0v) is 11.8. The summed E-state index contributed by atoms with van der Waals surface area (Å²) in [5.74, 6) is -0.257. The minimum Gasteiger partial charge on any atom is -0.268 e. The Morgan fingerprint density at radius 3 is 2.56 bits per heavy atom. The number of hydrogen-bond donors (Lipinski definition) is 0. The van der Waals surface area contributed by atoms with Crippen LogP contribution < -0.4 is 0 Å². The number of imide groups is 1. The van der Waals surface area contributed by atoms with Crippen molar-refractivity contribution in [1.29, 1.82) is 0 Å². The maximum atomic E-state index is 11.9. The van der Waals surface area contributed by atoms with Crippen LogP contribution in [0.5, 0.6) is 0 Å². The molecule has 0 spiro atoms. The molecule has 1 heterocycles. The van der Waals surface area contributed by atoms with Crippen LogP contribution in [-0.4, -0.2) is 22.6 Å². The van der Waals surface area contributed by atoms with Crippen LogP contribution in [-0.2, 0) is 4.79 Å². The number of carbonyl (C=O) groups excluding carboxylic acids is 2. The smallest absolute Gasteiger partial charge is 0.268 e. The highest BCUT2D eigenvalue weighted by atomic mass is 79.9. The molecule has 0 unspecified atom stereocenters. The highest BCUT2D eigenvalue weighted by Gasteiger charge is 2.33. The standard InChI is InChI=1S/C13H10BrNO2S/c1-2-7-15-12(16)11(18-13(15)17)8-9-3-5-10(14)6-4-9/h2-6,8H,1,7H2/b11-8+. The second-order valence-corrected chi connectivity index (χ2v) is 5.54. The molecule has 0 bridgehead atoms. The van der Waals surface area contributed by atoms with Crippen molar-refractivity contribution in [3.05, 3.63) is 51.9 Å². The summed E-state index contributed by atoms with van der Waals surface area (Å²) >= 11 is 4.30. The molecule has 2 rings (SSSR count). The zero-order valence-electron chi connectivity index (χ0n) is 9.43. The Morgan fingerprint density at radius 2 is 1.94 bits per heavy atom. The number of nitrogens with zero attached hydrogens (tertiary/aromatic N) is 1. The van der Waals surface area contributed by atoms with E-state index in [2.05, 4.69) is 22.5 Å². The fourth-order valence-electron chi connectivity index (χ4n) is 1.50. The molecule has 1 aromatic carbocycles. The van der Waals surface area contributed by atoms with E-state index in [4.69, 9.17) is 0 Å². The predicted octanol–water partition coefficient (Wildman–Crippen LogP) is 3.67. The molecule has 1 saturated heterocycles. The van der Waals surface area contributed by atoms with E-state index >= 15 is 0 Å². The lowest BCUT2D eigenvalue weighted by Crippen LogP contribution is -2.27. The molecule has 0 saturated carbocycles. The Kier molecular flexibility index (Phi) is 4.04. The van der Waals surface area contributed by atoms with Gasteiger partial charge in [-0.05, 0) is 35.5 Å². The molecule has 1 aromatic rings. The number of amides is 2. The Labute approximate surface area is 118 Å². The molecule has 2 amide bonds. The van der Waals surface area contributed by atoms with Crippen LogP contribution in [0.1, 0.15) is 5.56 Å². The summed E-state index contributed by atoms with van der Waals surface area (Å²) in [7, 11) is 0. The molecular formula is C13H10BrNO2S. The summed E-state index contributed by atoms with van der Waals surface area (Å²) in [6, 6.07) is 7.54. The van der Waals surface area contributed by atoms with Crippen LogP contribution in [0.25, 0.3) is 6.08 Å². The second kappa shape index (κ2) is 5.54. The molecule has 0 aliphatic carbocycles. The molecule has 3 nitrogen and oxygen atoms in total. The van der Waals surface area contributed by atoms with E-state index in [1.807, 2.05) is 24.3 Å². The summed E-state index contributed by atoms with van der Waals surface area (Å²) in [5, 5.41) is -0.247. The van der Waals surface area contributed by atoms with E-state index in [9.17, 15) is 9.59 Å². The quantitative estimate of drug-likeness (QED) is 0.629. The lowest BCUT2D eigenvalue weighted by atomic mass is 10.2. The van der Waals surface area contributed by atoms with Crippen LogP contribution in [0, 0.1) is 0 Å². The Balaban J connectivity index is 2.24. The first-order valence-electron chi connectivity index (χ1n) is 5.23.